The summed E-state index contributed by atoms with van der Waals surface area (Å²) in [7, 11) is 0. The van der Waals surface area contributed by atoms with E-state index in [1.54, 1.807) is 25.1 Å². The quantitative estimate of drug-likeness (QED) is 0.824. The van der Waals surface area contributed by atoms with Gasteiger partial charge in [-0.05, 0) is 18.1 Å². The monoisotopic (exact) mass is 255 g/mol. The number of halogens is 2. The number of nitriles is 1. The summed E-state index contributed by atoms with van der Waals surface area (Å²) in [5, 5.41) is 9.77. The van der Waals surface area contributed by atoms with E-state index in [1.165, 1.54) is 0 Å². The van der Waals surface area contributed by atoms with Crippen molar-refractivity contribution in [2.24, 2.45) is 5.92 Å². The molecule has 0 saturated carbocycles. The van der Waals surface area contributed by atoms with Gasteiger partial charge in [0.15, 0.2) is 0 Å². The van der Waals surface area contributed by atoms with Gasteiger partial charge in [-0.2, -0.15) is 5.26 Å². The average molecular weight is 256 g/mol. The van der Waals surface area contributed by atoms with Crippen LogP contribution in [0, 0.1) is 17.2 Å². The highest BCUT2D eigenvalue weighted by molar-refractivity contribution is 6.42. The van der Waals surface area contributed by atoms with E-state index in [9.17, 15) is 4.79 Å². The summed E-state index contributed by atoms with van der Waals surface area (Å²) in [6, 6.07) is 7.21. The predicted octanol–water partition coefficient (Wildman–Crippen LogP) is 3.65. The van der Waals surface area contributed by atoms with Crippen LogP contribution in [0.2, 0.25) is 10.0 Å². The fraction of sp³-hybridized carbons (Fsp3) is 0.333. The van der Waals surface area contributed by atoms with Crippen molar-refractivity contribution in [1.29, 1.82) is 5.26 Å². The summed E-state index contributed by atoms with van der Waals surface area (Å²) in [5.41, 5.74) is 0.738. The molecule has 0 fully saturated rings. The molecule has 1 atom stereocenters. The summed E-state index contributed by atoms with van der Waals surface area (Å²) in [4.78, 5) is 11.4. The lowest BCUT2D eigenvalue weighted by Crippen LogP contribution is -2.14. The molecule has 84 valence electrons. The highest BCUT2D eigenvalue weighted by Crippen LogP contribution is 2.27. The lowest BCUT2D eigenvalue weighted by molar-refractivity contribution is -0.120. The van der Waals surface area contributed by atoms with Crippen molar-refractivity contribution in [3.05, 3.63) is 33.8 Å². The smallest absolute Gasteiger partial charge is 0.150 e. The van der Waals surface area contributed by atoms with Gasteiger partial charge in [0.05, 0.1) is 16.1 Å². The second-order valence-corrected chi connectivity index (χ2v) is 4.20. The number of hydrogen-bond donors (Lipinski definition) is 0. The van der Waals surface area contributed by atoms with Gasteiger partial charge in [-0.25, -0.2) is 0 Å². The van der Waals surface area contributed by atoms with E-state index < -0.39 is 5.92 Å². The van der Waals surface area contributed by atoms with Crippen molar-refractivity contribution in [3.63, 3.8) is 0 Å². The molecule has 0 radical (unpaired) electrons. The Hall–Kier alpha value is -1.04. The van der Waals surface area contributed by atoms with E-state index in [1.807, 2.05) is 6.07 Å². The van der Waals surface area contributed by atoms with Gasteiger partial charge in [0.2, 0.25) is 0 Å². The molecule has 0 spiro atoms. The molecule has 0 aliphatic heterocycles. The first-order valence-corrected chi connectivity index (χ1v) is 5.71. The van der Waals surface area contributed by atoms with Gasteiger partial charge in [0.25, 0.3) is 0 Å². The molecular formula is C12H11Cl2NO. The molecule has 0 aliphatic rings. The average Bonchev–Trinajstić information content (AvgIpc) is 2.30. The second-order valence-electron chi connectivity index (χ2n) is 3.42. The number of hydrogen-bond acceptors (Lipinski definition) is 2. The Morgan fingerprint density at radius 1 is 1.50 bits per heavy atom. The van der Waals surface area contributed by atoms with Crippen molar-refractivity contribution >= 4 is 29.0 Å². The van der Waals surface area contributed by atoms with Crippen LogP contribution >= 0.6 is 23.2 Å². The fourth-order valence-electron chi connectivity index (χ4n) is 1.40. The van der Waals surface area contributed by atoms with Crippen LogP contribution < -0.4 is 0 Å². The Kier molecular flexibility index (Phi) is 4.79. The normalized spacial score (nSPS) is 11.9. The van der Waals surface area contributed by atoms with Crippen molar-refractivity contribution in [3.8, 4) is 6.07 Å². The number of ketones is 1. The van der Waals surface area contributed by atoms with Crippen molar-refractivity contribution in [1.82, 2.24) is 0 Å². The minimum Gasteiger partial charge on any atom is -0.298 e. The molecule has 1 aromatic rings. The Bertz CT molecular complexity index is 437. The van der Waals surface area contributed by atoms with Crippen LogP contribution in [0.25, 0.3) is 0 Å². The van der Waals surface area contributed by atoms with E-state index in [-0.39, 0.29) is 5.78 Å². The molecule has 2 nitrogen and oxygen atoms in total. The van der Waals surface area contributed by atoms with Crippen molar-refractivity contribution < 1.29 is 4.79 Å². The first kappa shape index (κ1) is 13.0. The van der Waals surface area contributed by atoms with Gasteiger partial charge in [0.1, 0.15) is 11.7 Å². The molecular weight excluding hydrogens is 245 g/mol. The van der Waals surface area contributed by atoms with Crippen LogP contribution in [0.3, 0.4) is 0 Å². The number of nitrogens with zero attached hydrogens (tertiary/aromatic N) is 1. The Morgan fingerprint density at radius 3 is 2.75 bits per heavy atom. The molecule has 0 amide bonds. The van der Waals surface area contributed by atoms with Crippen LogP contribution in [-0.2, 0) is 11.2 Å². The fourth-order valence-corrected chi connectivity index (χ4v) is 1.80. The van der Waals surface area contributed by atoms with E-state index in [0.29, 0.717) is 22.9 Å². The molecule has 0 bridgehead atoms. The Labute approximate surface area is 105 Å². The third-order valence-electron chi connectivity index (χ3n) is 2.35. The minimum atomic E-state index is -0.638. The maximum Gasteiger partial charge on any atom is 0.150 e. The molecule has 0 aromatic heterocycles. The molecule has 16 heavy (non-hydrogen) atoms. The predicted molar refractivity (Wildman–Crippen MR) is 64.6 cm³/mol. The van der Waals surface area contributed by atoms with Gasteiger partial charge in [0, 0.05) is 6.42 Å². The van der Waals surface area contributed by atoms with Crippen LogP contribution in [0.15, 0.2) is 18.2 Å². The van der Waals surface area contributed by atoms with E-state index >= 15 is 0 Å². The molecule has 1 aromatic carbocycles. The molecule has 0 saturated heterocycles. The lowest BCUT2D eigenvalue weighted by atomic mass is 9.95. The van der Waals surface area contributed by atoms with Crippen LogP contribution in [0.4, 0.5) is 0 Å². The van der Waals surface area contributed by atoms with E-state index in [4.69, 9.17) is 28.5 Å². The summed E-state index contributed by atoms with van der Waals surface area (Å²) in [5.74, 6) is -0.709. The molecule has 0 N–H and O–H groups in total. The first-order chi connectivity index (χ1) is 7.60. The van der Waals surface area contributed by atoms with Crippen molar-refractivity contribution in [2.75, 3.05) is 0 Å². The zero-order chi connectivity index (χ0) is 12.1. The second kappa shape index (κ2) is 5.89. The van der Waals surface area contributed by atoms with E-state index in [0.717, 1.165) is 5.56 Å². The highest BCUT2D eigenvalue weighted by atomic mass is 35.5. The number of carbonyl (C=O) groups is 1. The standard InChI is InChI=1S/C12H11Cl2NO/c1-2-11(16)9(7-15)6-8-4-3-5-10(13)12(8)14/h3-5,9H,2,6H2,1H3. The lowest BCUT2D eigenvalue weighted by Gasteiger charge is -2.09. The largest absolute Gasteiger partial charge is 0.298 e. The summed E-state index contributed by atoms with van der Waals surface area (Å²) in [6.45, 7) is 1.74. The Balaban J connectivity index is 2.92. The molecule has 1 rings (SSSR count). The summed E-state index contributed by atoms with van der Waals surface area (Å²) >= 11 is 11.8. The van der Waals surface area contributed by atoms with Crippen LogP contribution in [0.5, 0.6) is 0 Å². The molecule has 4 heteroatoms. The number of carbonyl (C=O) groups excluding carboxylic acids is 1. The number of rotatable bonds is 4. The Morgan fingerprint density at radius 2 is 2.19 bits per heavy atom. The highest BCUT2D eigenvalue weighted by Gasteiger charge is 2.18. The van der Waals surface area contributed by atoms with Gasteiger partial charge in [-0.1, -0.05) is 42.3 Å². The van der Waals surface area contributed by atoms with Crippen LogP contribution in [-0.4, -0.2) is 5.78 Å². The maximum absolute atomic E-state index is 11.4. The maximum atomic E-state index is 11.4. The van der Waals surface area contributed by atoms with Gasteiger partial charge in [-0.15, -0.1) is 0 Å². The number of benzene rings is 1. The zero-order valence-electron chi connectivity index (χ0n) is 8.84. The number of Topliss-reactive ketones (excluding diaryl/α,β-unsaturated/α-hetero) is 1. The minimum absolute atomic E-state index is 0.0708. The molecule has 0 aliphatic carbocycles. The SMILES string of the molecule is CCC(=O)C(C#N)Cc1cccc(Cl)c1Cl. The summed E-state index contributed by atoms with van der Waals surface area (Å²) < 4.78 is 0. The first-order valence-electron chi connectivity index (χ1n) is 4.95. The topological polar surface area (TPSA) is 40.9 Å². The zero-order valence-corrected chi connectivity index (χ0v) is 10.3. The van der Waals surface area contributed by atoms with E-state index in [2.05, 4.69) is 0 Å². The van der Waals surface area contributed by atoms with Crippen molar-refractivity contribution in [2.45, 2.75) is 19.8 Å². The van der Waals surface area contributed by atoms with Crippen LogP contribution in [0.1, 0.15) is 18.9 Å². The third-order valence-corrected chi connectivity index (χ3v) is 3.21. The third kappa shape index (κ3) is 2.98. The van der Waals surface area contributed by atoms with Gasteiger partial charge < -0.3 is 0 Å². The molecule has 0 heterocycles. The molecule has 1 unspecified atom stereocenters. The van der Waals surface area contributed by atoms with Gasteiger partial charge in [-0.3, -0.25) is 4.79 Å². The summed E-state index contributed by atoms with van der Waals surface area (Å²) in [6.07, 6.45) is 0.680. The van der Waals surface area contributed by atoms with Gasteiger partial charge >= 0.3 is 0 Å².